The minimum atomic E-state index is 0.112. The molecular weight excluding hydrogens is 398 g/mol. The fraction of sp³-hybridized carbons (Fsp3) is 0.261. The predicted octanol–water partition coefficient (Wildman–Crippen LogP) is 4.67. The predicted molar refractivity (Wildman–Crippen MR) is 117 cm³/mol. The van der Waals surface area contributed by atoms with Crippen LogP contribution in [0.15, 0.2) is 64.3 Å². The molecule has 0 bridgehead atoms. The molecular formula is C23H21N3O3S. The lowest BCUT2D eigenvalue weighted by Gasteiger charge is -2.22. The summed E-state index contributed by atoms with van der Waals surface area (Å²) in [7, 11) is 1.65. The van der Waals surface area contributed by atoms with E-state index >= 15 is 0 Å². The first-order valence-corrected chi connectivity index (χ1v) is 10.9. The molecule has 2 aromatic carbocycles. The molecule has 1 aliphatic carbocycles. The van der Waals surface area contributed by atoms with Crippen LogP contribution in [-0.2, 0) is 11.3 Å². The molecule has 1 aliphatic rings. The minimum absolute atomic E-state index is 0.112. The molecule has 1 fully saturated rings. The first-order valence-electron chi connectivity index (χ1n) is 9.90. The van der Waals surface area contributed by atoms with Crippen molar-refractivity contribution in [3.8, 4) is 5.75 Å². The Bertz CT molecular complexity index is 1200. The molecule has 2 aromatic heterocycles. The normalized spacial score (nSPS) is 13.6. The number of carbonyl (C=O) groups is 1. The first-order chi connectivity index (χ1) is 14.7. The van der Waals surface area contributed by atoms with E-state index in [4.69, 9.17) is 9.15 Å². The topological polar surface area (TPSA) is 68.5 Å². The standard InChI is InChI=1S/C23H21N3O3S/c1-28-17-10-6-15(7-11-17)12-26(16-8-9-16)20(27)13-30-23-22-21(24-14-25-23)18-4-2-3-5-19(18)29-22/h2-7,10-11,14,16H,8-9,12-13H2,1H3. The highest BCUT2D eigenvalue weighted by atomic mass is 32.2. The van der Waals surface area contributed by atoms with E-state index in [0.29, 0.717) is 28.9 Å². The highest BCUT2D eigenvalue weighted by Crippen LogP contribution is 2.34. The van der Waals surface area contributed by atoms with Crippen molar-refractivity contribution in [1.82, 2.24) is 14.9 Å². The lowest BCUT2D eigenvalue weighted by molar-refractivity contribution is -0.129. The highest BCUT2D eigenvalue weighted by molar-refractivity contribution is 8.00. The summed E-state index contributed by atoms with van der Waals surface area (Å²) in [6.07, 6.45) is 3.66. The van der Waals surface area contributed by atoms with Crippen LogP contribution in [-0.4, -0.2) is 39.7 Å². The molecule has 1 amide bonds. The van der Waals surface area contributed by atoms with Crippen LogP contribution in [0.5, 0.6) is 5.75 Å². The number of amides is 1. The average Bonchev–Trinajstić information content (AvgIpc) is 3.56. The smallest absolute Gasteiger partial charge is 0.233 e. The summed E-state index contributed by atoms with van der Waals surface area (Å²) in [6.45, 7) is 0.609. The Morgan fingerprint density at radius 3 is 2.73 bits per heavy atom. The van der Waals surface area contributed by atoms with Crippen LogP contribution in [0, 0.1) is 0 Å². The van der Waals surface area contributed by atoms with Crippen LogP contribution in [0.25, 0.3) is 22.1 Å². The third-order valence-electron chi connectivity index (χ3n) is 5.28. The molecule has 0 saturated heterocycles. The molecule has 0 radical (unpaired) electrons. The van der Waals surface area contributed by atoms with Crippen molar-refractivity contribution in [1.29, 1.82) is 0 Å². The summed E-state index contributed by atoms with van der Waals surface area (Å²) in [6, 6.07) is 16.0. The molecule has 4 aromatic rings. The van der Waals surface area contributed by atoms with Crippen LogP contribution in [0.4, 0.5) is 0 Å². The fourth-order valence-electron chi connectivity index (χ4n) is 3.55. The zero-order valence-corrected chi connectivity index (χ0v) is 17.4. The number of carbonyl (C=O) groups excluding carboxylic acids is 1. The Hall–Kier alpha value is -3.06. The van der Waals surface area contributed by atoms with Gasteiger partial charge in [0.05, 0.1) is 12.9 Å². The SMILES string of the molecule is COc1ccc(CN(C(=O)CSc2ncnc3c2oc2ccccc23)C2CC2)cc1. The van der Waals surface area contributed by atoms with E-state index in [9.17, 15) is 4.79 Å². The van der Waals surface area contributed by atoms with Crippen molar-refractivity contribution in [2.75, 3.05) is 12.9 Å². The van der Waals surface area contributed by atoms with Gasteiger partial charge < -0.3 is 14.1 Å². The second-order valence-corrected chi connectivity index (χ2v) is 8.31. The first kappa shape index (κ1) is 18.9. The van der Waals surface area contributed by atoms with Crippen LogP contribution in [0.1, 0.15) is 18.4 Å². The van der Waals surface area contributed by atoms with E-state index in [1.807, 2.05) is 53.4 Å². The fourth-order valence-corrected chi connectivity index (χ4v) is 4.37. The van der Waals surface area contributed by atoms with Gasteiger partial charge in [-0.05, 0) is 42.7 Å². The molecule has 6 nitrogen and oxygen atoms in total. The van der Waals surface area contributed by atoms with Crippen LogP contribution in [0.3, 0.4) is 0 Å². The second-order valence-electron chi connectivity index (χ2n) is 7.34. The van der Waals surface area contributed by atoms with Crippen molar-refractivity contribution in [2.45, 2.75) is 30.5 Å². The van der Waals surface area contributed by atoms with E-state index in [1.165, 1.54) is 18.1 Å². The average molecular weight is 420 g/mol. The molecule has 7 heteroatoms. The number of hydrogen-bond donors (Lipinski definition) is 0. The molecule has 0 unspecified atom stereocenters. The molecule has 0 atom stereocenters. The molecule has 152 valence electrons. The monoisotopic (exact) mass is 419 g/mol. The molecule has 5 rings (SSSR count). The van der Waals surface area contributed by atoms with Crippen molar-refractivity contribution in [2.24, 2.45) is 0 Å². The van der Waals surface area contributed by atoms with Gasteiger partial charge in [-0.2, -0.15) is 0 Å². The number of thioether (sulfide) groups is 1. The Labute approximate surface area is 178 Å². The highest BCUT2D eigenvalue weighted by Gasteiger charge is 2.32. The number of nitrogens with zero attached hydrogens (tertiary/aromatic N) is 3. The molecule has 2 heterocycles. The van der Waals surface area contributed by atoms with E-state index < -0.39 is 0 Å². The zero-order chi connectivity index (χ0) is 20.5. The zero-order valence-electron chi connectivity index (χ0n) is 16.6. The summed E-state index contributed by atoms with van der Waals surface area (Å²) in [5, 5.41) is 1.66. The number of benzene rings is 2. The van der Waals surface area contributed by atoms with E-state index in [0.717, 1.165) is 40.6 Å². The van der Waals surface area contributed by atoms with Gasteiger partial charge in [-0.25, -0.2) is 9.97 Å². The molecule has 0 N–H and O–H groups in total. The van der Waals surface area contributed by atoms with Crippen LogP contribution >= 0.6 is 11.8 Å². The van der Waals surface area contributed by atoms with E-state index in [1.54, 1.807) is 7.11 Å². The van der Waals surface area contributed by atoms with Crippen molar-refractivity contribution in [3.63, 3.8) is 0 Å². The van der Waals surface area contributed by atoms with Gasteiger partial charge in [0.25, 0.3) is 0 Å². The van der Waals surface area contributed by atoms with E-state index in [-0.39, 0.29) is 5.91 Å². The van der Waals surface area contributed by atoms with Gasteiger partial charge in [-0.1, -0.05) is 36.0 Å². The minimum Gasteiger partial charge on any atom is -0.497 e. The molecule has 0 aliphatic heterocycles. The van der Waals surface area contributed by atoms with Gasteiger partial charge in [0, 0.05) is 18.0 Å². The van der Waals surface area contributed by atoms with Gasteiger partial charge in [-0.15, -0.1) is 0 Å². The summed E-state index contributed by atoms with van der Waals surface area (Å²) >= 11 is 1.41. The third-order valence-corrected chi connectivity index (χ3v) is 6.23. The molecule has 30 heavy (non-hydrogen) atoms. The van der Waals surface area contributed by atoms with Gasteiger partial charge in [-0.3, -0.25) is 4.79 Å². The van der Waals surface area contributed by atoms with Gasteiger partial charge >= 0.3 is 0 Å². The summed E-state index contributed by atoms with van der Waals surface area (Å²) in [4.78, 5) is 23.8. The van der Waals surface area contributed by atoms with Crippen molar-refractivity contribution < 1.29 is 13.9 Å². The number of para-hydroxylation sites is 1. The molecule has 1 saturated carbocycles. The molecule has 0 spiro atoms. The largest absolute Gasteiger partial charge is 0.497 e. The third kappa shape index (κ3) is 3.73. The number of ether oxygens (including phenoxy) is 1. The van der Waals surface area contributed by atoms with Crippen LogP contribution < -0.4 is 4.74 Å². The van der Waals surface area contributed by atoms with Gasteiger partial charge in [0.1, 0.15) is 28.2 Å². The number of fused-ring (bicyclic) bond motifs is 3. The Balaban J connectivity index is 1.32. The van der Waals surface area contributed by atoms with Crippen LogP contribution in [0.2, 0.25) is 0 Å². The van der Waals surface area contributed by atoms with Gasteiger partial charge in [0.2, 0.25) is 5.91 Å². The number of rotatable bonds is 7. The Kier molecular flexibility index (Phi) is 5.04. The summed E-state index contributed by atoms with van der Waals surface area (Å²) < 4.78 is 11.2. The lowest BCUT2D eigenvalue weighted by atomic mass is 10.2. The maximum Gasteiger partial charge on any atom is 0.233 e. The Morgan fingerprint density at radius 1 is 1.17 bits per heavy atom. The van der Waals surface area contributed by atoms with Crippen molar-refractivity contribution in [3.05, 3.63) is 60.4 Å². The number of hydrogen-bond acceptors (Lipinski definition) is 6. The van der Waals surface area contributed by atoms with Gasteiger partial charge in [0.15, 0.2) is 5.58 Å². The van der Waals surface area contributed by atoms with E-state index in [2.05, 4.69) is 9.97 Å². The number of methoxy groups -OCH3 is 1. The maximum absolute atomic E-state index is 13.0. The number of aromatic nitrogens is 2. The summed E-state index contributed by atoms with van der Waals surface area (Å²) in [5.74, 6) is 1.24. The quantitative estimate of drug-likeness (QED) is 0.320. The lowest BCUT2D eigenvalue weighted by Crippen LogP contribution is -2.34. The summed E-state index contributed by atoms with van der Waals surface area (Å²) in [5.41, 5.74) is 3.31. The maximum atomic E-state index is 13.0. The van der Waals surface area contributed by atoms with Crippen molar-refractivity contribution >= 4 is 39.7 Å². The Morgan fingerprint density at radius 2 is 1.97 bits per heavy atom. The number of furan rings is 1. The second kappa shape index (κ2) is 7.99.